The van der Waals surface area contributed by atoms with Crippen LogP contribution in [0.1, 0.15) is 50.3 Å². The van der Waals surface area contributed by atoms with Gasteiger partial charge in [-0.25, -0.2) is 0 Å². The van der Waals surface area contributed by atoms with Crippen LogP contribution in [0.2, 0.25) is 0 Å². The standard InChI is InChI=1S/C19H22N4O/c1-14(2)24-17-9-6-5-8-15(17)12-16(13-20)19-22-21-18-10-4-3-7-11-23(18)19/h5-6,8-9,12,14H,3-4,7,10-11H2,1-2H3/b16-12+. The fourth-order valence-corrected chi connectivity index (χ4v) is 2.95. The van der Waals surface area contributed by atoms with Crippen molar-refractivity contribution < 1.29 is 4.74 Å². The molecule has 2 heterocycles. The summed E-state index contributed by atoms with van der Waals surface area (Å²) < 4.78 is 7.94. The fourth-order valence-electron chi connectivity index (χ4n) is 2.95. The van der Waals surface area contributed by atoms with E-state index in [1.54, 1.807) is 0 Å². The molecule has 124 valence electrons. The van der Waals surface area contributed by atoms with Gasteiger partial charge in [-0.05, 0) is 38.8 Å². The molecule has 1 aromatic carbocycles. The largest absolute Gasteiger partial charge is 0.490 e. The fraction of sp³-hybridized carbons (Fsp3) is 0.421. The smallest absolute Gasteiger partial charge is 0.174 e. The van der Waals surface area contributed by atoms with E-state index < -0.39 is 0 Å². The number of para-hydroxylation sites is 1. The van der Waals surface area contributed by atoms with Crippen LogP contribution in [-0.2, 0) is 13.0 Å². The summed E-state index contributed by atoms with van der Waals surface area (Å²) in [4.78, 5) is 0. The first-order valence-corrected chi connectivity index (χ1v) is 8.49. The van der Waals surface area contributed by atoms with Crippen molar-refractivity contribution in [3.05, 3.63) is 41.5 Å². The van der Waals surface area contributed by atoms with E-state index in [0.717, 1.165) is 42.9 Å². The van der Waals surface area contributed by atoms with Gasteiger partial charge >= 0.3 is 0 Å². The minimum Gasteiger partial charge on any atom is -0.490 e. The third-order valence-electron chi connectivity index (χ3n) is 4.05. The van der Waals surface area contributed by atoms with Crippen LogP contribution in [-0.4, -0.2) is 20.9 Å². The van der Waals surface area contributed by atoms with E-state index in [9.17, 15) is 5.26 Å². The van der Waals surface area contributed by atoms with Crippen molar-refractivity contribution in [1.82, 2.24) is 14.8 Å². The first-order valence-electron chi connectivity index (χ1n) is 8.49. The Kier molecular flexibility index (Phi) is 4.95. The molecule has 5 nitrogen and oxygen atoms in total. The molecule has 2 aromatic rings. The molecule has 0 spiro atoms. The van der Waals surface area contributed by atoms with E-state index in [2.05, 4.69) is 20.8 Å². The molecule has 1 aliphatic rings. The van der Waals surface area contributed by atoms with Gasteiger partial charge in [-0.1, -0.05) is 24.6 Å². The molecule has 24 heavy (non-hydrogen) atoms. The zero-order valence-electron chi connectivity index (χ0n) is 14.2. The molecule has 0 aliphatic carbocycles. The number of rotatable bonds is 4. The van der Waals surface area contributed by atoms with Gasteiger partial charge in [0, 0.05) is 18.5 Å². The van der Waals surface area contributed by atoms with Gasteiger partial charge in [-0.15, -0.1) is 10.2 Å². The van der Waals surface area contributed by atoms with Gasteiger partial charge in [0.1, 0.15) is 17.6 Å². The molecule has 0 amide bonds. The molecule has 0 saturated heterocycles. The van der Waals surface area contributed by atoms with E-state index in [1.165, 1.54) is 6.42 Å². The quantitative estimate of drug-likeness (QED) is 0.802. The lowest BCUT2D eigenvalue weighted by molar-refractivity contribution is 0.242. The van der Waals surface area contributed by atoms with Crippen LogP contribution in [0.4, 0.5) is 0 Å². The van der Waals surface area contributed by atoms with Crippen molar-refractivity contribution in [2.24, 2.45) is 0 Å². The summed E-state index contributed by atoms with van der Waals surface area (Å²) in [6.07, 6.45) is 6.28. The zero-order chi connectivity index (χ0) is 16.9. The maximum atomic E-state index is 9.66. The lowest BCUT2D eigenvalue weighted by atomic mass is 10.1. The van der Waals surface area contributed by atoms with Crippen LogP contribution < -0.4 is 4.74 Å². The third-order valence-corrected chi connectivity index (χ3v) is 4.05. The molecule has 0 unspecified atom stereocenters. The predicted octanol–water partition coefficient (Wildman–Crippen LogP) is 3.86. The molecule has 1 aliphatic heterocycles. The number of allylic oxidation sites excluding steroid dienone is 1. The van der Waals surface area contributed by atoms with Crippen LogP contribution in [0, 0.1) is 11.3 Å². The van der Waals surface area contributed by atoms with Crippen LogP contribution >= 0.6 is 0 Å². The Morgan fingerprint density at radius 2 is 2.08 bits per heavy atom. The Morgan fingerprint density at radius 3 is 2.88 bits per heavy atom. The summed E-state index contributed by atoms with van der Waals surface area (Å²) in [6.45, 7) is 4.86. The first kappa shape index (κ1) is 16.3. The average Bonchev–Trinajstić information content (AvgIpc) is 2.82. The normalized spacial score (nSPS) is 14.8. The number of fused-ring (bicyclic) bond motifs is 1. The molecule has 0 radical (unpaired) electrons. The lowest BCUT2D eigenvalue weighted by Gasteiger charge is -2.12. The van der Waals surface area contributed by atoms with Crippen molar-refractivity contribution in [3.63, 3.8) is 0 Å². The van der Waals surface area contributed by atoms with Crippen molar-refractivity contribution in [2.45, 2.75) is 52.2 Å². The number of nitriles is 1. The number of aryl methyl sites for hydroxylation is 1. The molecule has 0 saturated carbocycles. The third kappa shape index (κ3) is 3.48. The van der Waals surface area contributed by atoms with E-state index in [1.807, 2.05) is 44.2 Å². The molecule has 5 heteroatoms. The highest BCUT2D eigenvalue weighted by Gasteiger charge is 2.18. The summed E-state index contributed by atoms with van der Waals surface area (Å²) in [6, 6.07) is 10.0. The topological polar surface area (TPSA) is 63.7 Å². The summed E-state index contributed by atoms with van der Waals surface area (Å²) in [5.41, 5.74) is 1.41. The van der Waals surface area contributed by atoms with Gasteiger partial charge < -0.3 is 9.30 Å². The van der Waals surface area contributed by atoms with Gasteiger partial charge in [0.05, 0.1) is 11.7 Å². The minimum atomic E-state index is 0.0782. The molecular formula is C19H22N4O. The van der Waals surface area contributed by atoms with Crippen molar-refractivity contribution >= 4 is 11.6 Å². The predicted molar refractivity (Wildman–Crippen MR) is 93.3 cm³/mol. The van der Waals surface area contributed by atoms with Gasteiger partial charge in [0.25, 0.3) is 0 Å². The van der Waals surface area contributed by atoms with Gasteiger partial charge in [0.15, 0.2) is 5.82 Å². The monoisotopic (exact) mass is 322 g/mol. The lowest BCUT2D eigenvalue weighted by Crippen LogP contribution is -2.07. The summed E-state index contributed by atoms with van der Waals surface area (Å²) >= 11 is 0. The highest BCUT2D eigenvalue weighted by Crippen LogP contribution is 2.26. The Hall–Kier alpha value is -2.61. The molecule has 0 fully saturated rings. The van der Waals surface area contributed by atoms with Crippen molar-refractivity contribution in [2.75, 3.05) is 0 Å². The van der Waals surface area contributed by atoms with E-state index in [4.69, 9.17) is 4.74 Å². The number of ether oxygens (including phenoxy) is 1. The number of benzene rings is 1. The summed E-state index contributed by atoms with van der Waals surface area (Å²) in [5.74, 6) is 2.42. The maximum Gasteiger partial charge on any atom is 0.174 e. The Labute approximate surface area is 142 Å². The second-order valence-corrected chi connectivity index (χ2v) is 6.28. The van der Waals surface area contributed by atoms with Crippen LogP contribution in [0.25, 0.3) is 11.6 Å². The van der Waals surface area contributed by atoms with E-state index in [0.29, 0.717) is 11.4 Å². The number of nitrogens with zero attached hydrogens (tertiary/aromatic N) is 4. The van der Waals surface area contributed by atoms with Gasteiger partial charge in [-0.2, -0.15) is 5.26 Å². The number of hydrogen-bond acceptors (Lipinski definition) is 4. The van der Waals surface area contributed by atoms with Crippen molar-refractivity contribution in [3.8, 4) is 11.8 Å². The summed E-state index contributed by atoms with van der Waals surface area (Å²) in [5, 5.41) is 18.2. The zero-order valence-corrected chi connectivity index (χ0v) is 14.2. The maximum absolute atomic E-state index is 9.66. The molecule has 1 aromatic heterocycles. The number of aromatic nitrogens is 3. The Bertz CT molecular complexity index is 783. The minimum absolute atomic E-state index is 0.0782. The van der Waals surface area contributed by atoms with E-state index >= 15 is 0 Å². The second-order valence-electron chi connectivity index (χ2n) is 6.28. The Balaban J connectivity index is 2.00. The number of hydrogen-bond donors (Lipinski definition) is 0. The highest BCUT2D eigenvalue weighted by molar-refractivity contribution is 5.88. The second kappa shape index (κ2) is 7.31. The average molecular weight is 322 g/mol. The SMILES string of the molecule is CC(C)Oc1ccccc1/C=C(\C#N)c1nnc2n1CCCCC2. The van der Waals surface area contributed by atoms with Gasteiger partial charge in [-0.3, -0.25) is 0 Å². The summed E-state index contributed by atoms with van der Waals surface area (Å²) in [7, 11) is 0. The van der Waals surface area contributed by atoms with Crippen LogP contribution in [0.3, 0.4) is 0 Å². The molecule has 0 bridgehead atoms. The first-order chi connectivity index (χ1) is 11.7. The molecular weight excluding hydrogens is 300 g/mol. The van der Waals surface area contributed by atoms with Crippen LogP contribution in [0.15, 0.2) is 24.3 Å². The molecule has 0 atom stereocenters. The Morgan fingerprint density at radius 1 is 1.25 bits per heavy atom. The molecule has 3 rings (SSSR count). The highest BCUT2D eigenvalue weighted by atomic mass is 16.5. The van der Waals surface area contributed by atoms with Gasteiger partial charge in [0.2, 0.25) is 0 Å². The van der Waals surface area contributed by atoms with Crippen molar-refractivity contribution in [1.29, 1.82) is 5.26 Å². The van der Waals surface area contributed by atoms with Crippen LogP contribution in [0.5, 0.6) is 5.75 Å². The molecule has 0 N–H and O–H groups in total. The van der Waals surface area contributed by atoms with E-state index in [-0.39, 0.29) is 6.10 Å².